The molecule has 218 valence electrons. The number of aliphatic carboxylic acids is 1. The summed E-state index contributed by atoms with van der Waals surface area (Å²) in [5.74, 6) is -0.972. The normalized spacial score (nSPS) is 24.6. The van der Waals surface area contributed by atoms with Gasteiger partial charge in [-0.1, -0.05) is 48.5 Å². The summed E-state index contributed by atoms with van der Waals surface area (Å²) in [6.07, 6.45) is 0.791. The zero-order valence-electron chi connectivity index (χ0n) is 24.0. The summed E-state index contributed by atoms with van der Waals surface area (Å²) in [5, 5.41) is 10.2. The number of hydrogen-bond donors (Lipinski definition) is 1. The fourth-order valence-corrected chi connectivity index (χ4v) is 7.25. The first-order valence-electron chi connectivity index (χ1n) is 14.6. The van der Waals surface area contributed by atoms with E-state index in [-0.39, 0.29) is 30.5 Å². The molecule has 0 radical (unpaired) electrons. The van der Waals surface area contributed by atoms with Crippen molar-refractivity contribution in [2.24, 2.45) is 11.3 Å². The number of carboxylic acids is 1. The number of fused-ring (bicyclic) bond motifs is 4. The molecule has 0 spiro atoms. The molecule has 2 aromatic carbocycles. The third-order valence-corrected chi connectivity index (χ3v) is 9.29. The molecule has 1 aliphatic carbocycles. The van der Waals surface area contributed by atoms with Crippen molar-refractivity contribution >= 4 is 18.2 Å². The number of carboxylic acid groups (broad SMARTS) is 1. The number of likely N-dealkylation sites (tertiary alicyclic amines) is 3. The minimum atomic E-state index is -0.985. The Labute approximate surface area is 241 Å². The van der Waals surface area contributed by atoms with Crippen molar-refractivity contribution in [3.8, 4) is 11.1 Å². The number of nitrogens with zero attached hydrogens (tertiary/aromatic N) is 3. The molecule has 3 aliphatic heterocycles. The summed E-state index contributed by atoms with van der Waals surface area (Å²) >= 11 is 0. The molecule has 0 saturated carbocycles. The second-order valence-corrected chi connectivity index (χ2v) is 13.0. The van der Waals surface area contributed by atoms with Crippen LogP contribution in [0.5, 0.6) is 0 Å². The van der Waals surface area contributed by atoms with Gasteiger partial charge in [0.2, 0.25) is 0 Å². The van der Waals surface area contributed by atoms with Crippen LogP contribution in [0, 0.1) is 11.3 Å². The van der Waals surface area contributed by atoms with Gasteiger partial charge in [0.1, 0.15) is 17.6 Å². The van der Waals surface area contributed by atoms with Crippen LogP contribution in [0.4, 0.5) is 9.59 Å². The standard InChI is InChI=1S/C32H39N3O6/c1-31(2,3)41-30(39)35-17-21-16-34(19-32(21,20-35)28(36)37)22-12-14-33(15-13-22)29(38)40-18-27-25-10-6-4-8-23(25)24-9-5-7-11-26(24)27/h4-11,21-22,27H,12-20H2,1-3H3,(H,36,37)/t21-,32-/m1/s1. The van der Waals surface area contributed by atoms with Gasteiger partial charge >= 0.3 is 18.2 Å². The van der Waals surface area contributed by atoms with E-state index in [1.54, 1.807) is 9.80 Å². The van der Waals surface area contributed by atoms with Gasteiger partial charge in [0, 0.05) is 57.1 Å². The van der Waals surface area contributed by atoms with Crippen molar-refractivity contribution in [2.45, 2.75) is 51.2 Å². The lowest BCUT2D eigenvalue weighted by Crippen LogP contribution is -2.49. The Morgan fingerprint density at radius 3 is 2.05 bits per heavy atom. The van der Waals surface area contributed by atoms with Crippen LogP contribution in [0.15, 0.2) is 48.5 Å². The van der Waals surface area contributed by atoms with Crippen molar-refractivity contribution < 1.29 is 29.0 Å². The summed E-state index contributed by atoms with van der Waals surface area (Å²) in [6, 6.07) is 16.8. The van der Waals surface area contributed by atoms with Gasteiger partial charge in [-0.15, -0.1) is 0 Å². The highest BCUT2D eigenvalue weighted by Crippen LogP contribution is 2.46. The summed E-state index contributed by atoms with van der Waals surface area (Å²) < 4.78 is 11.4. The molecule has 2 amide bonds. The second-order valence-electron chi connectivity index (χ2n) is 13.0. The first kappa shape index (κ1) is 27.6. The topological polar surface area (TPSA) is 99.6 Å². The number of amides is 2. The minimum absolute atomic E-state index is 0.0281. The zero-order valence-corrected chi connectivity index (χ0v) is 24.0. The average Bonchev–Trinajstić information content (AvgIpc) is 3.59. The molecule has 9 nitrogen and oxygen atoms in total. The smallest absolute Gasteiger partial charge is 0.410 e. The van der Waals surface area contributed by atoms with Crippen molar-refractivity contribution in [2.75, 3.05) is 45.9 Å². The van der Waals surface area contributed by atoms with Gasteiger partial charge in [-0.2, -0.15) is 0 Å². The van der Waals surface area contributed by atoms with Gasteiger partial charge in [-0.05, 0) is 55.9 Å². The van der Waals surface area contributed by atoms with Crippen LogP contribution in [0.3, 0.4) is 0 Å². The maximum Gasteiger partial charge on any atom is 0.410 e. The number of carbonyl (C=O) groups is 3. The number of rotatable bonds is 4. The lowest BCUT2D eigenvalue weighted by atomic mass is 9.81. The first-order valence-corrected chi connectivity index (χ1v) is 14.6. The van der Waals surface area contributed by atoms with Gasteiger partial charge in [0.15, 0.2) is 0 Å². The van der Waals surface area contributed by atoms with Gasteiger partial charge < -0.3 is 24.4 Å². The van der Waals surface area contributed by atoms with Gasteiger partial charge in [0.05, 0.1) is 0 Å². The Morgan fingerprint density at radius 2 is 1.49 bits per heavy atom. The average molecular weight is 562 g/mol. The number of piperidine rings is 1. The van der Waals surface area contributed by atoms with E-state index in [1.807, 2.05) is 45.0 Å². The lowest BCUT2D eigenvalue weighted by Gasteiger charge is -2.37. The maximum atomic E-state index is 13.1. The van der Waals surface area contributed by atoms with Crippen molar-refractivity contribution in [3.05, 3.63) is 59.7 Å². The molecular weight excluding hydrogens is 522 g/mol. The number of hydrogen-bond acceptors (Lipinski definition) is 6. The monoisotopic (exact) mass is 561 g/mol. The van der Waals surface area contributed by atoms with E-state index in [9.17, 15) is 19.5 Å². The molecule has 2 atom stereocenters. The molecule has 9 heteroatoms. The fourth-order valence-electron chi connectivity index (χ4n) is 7.25. The largest absolute Gasteiger partial charge is 0.481 e. The first-order chi connectivity index (χ1) is 19.6. The van der Waals surface area contributed by atoms with E-state index in [4.69, 9.17) is 9.47 Å². The third-order valence-electron chi connectivity index (χ3n) is 9.29. The van der Waals surface area contributed by atoms with E-state index in [1.165, 1.54) is 22.3 Å². The predicted octanol–water partition coefficient (Wildman–Crippen LogP) is 4.65. The van der Waals surface area contributed by atoms with E-state index < -0.39 is 23.1 Å². The highest BCUT2D eigenvalue weighted by molar-refractivity contribution is 5.80. The lowest BCUT2D eigenvalue weighted by molar-refractivity contribution is -0.148. The number of benzene rings is 2. The van der Waals surface area contributed by atoms with Crippen molar-refractivity contribution in [1.82, 2.24) is 14.7 Å². The van der Waals surface area contributed by atoms with Crippen LogP contribution >= 0.6 is 0 Å². The quantitative estimate of drug-likeness (QED) is 0.580. The summed E-state index contributed by atoms with van der Waals surface area (Å²) in [7, 11) is 0. The molecule has 3 saturated heterocycles. The Kier molecular flexibility index (Phi) is 6.96. The van der Waals surface area contributed by atoms with Crippen LogP contribution in [0.2, 0.25) is 0 Å². The van der Waals surface area contributed by atoms with Crippen molar-refractivity contribution in [1.29, 1.82) is 0 Å². The minimum Gasteiger partial charge on any atom is -0.481 e. The molecule has 1 N–H and O–H groups in total. The molecule has 4 aliphatic rings. The fraction of sp³-hybridized carbons (Fsp3) is 0.531. The SMILES string of the molecule is CC(C)(C)OC(=O)N1C[C@H]2CN(C3CCN(C(=O)OCC4c5ccccc5-c5ccccc54)CC3)C[C@@]2(C(=O)O)C1. The molecule has 3 fully saturated rings. The van der Waals surface area contributed by atoms with E-state index >= 15 is 0 Å². The Bertz CT molecular complexity index is 1300. The summed E-state index contributed by atoms with van der Waals surface area (Å²) in [4.78, 5) is 43.8. The Balaban J connectivity index is 1.03. The van der Waals surface area contributed by atoms with Gasteiger partial charge in [-0.25, -0.2) is 9.59 Å². The second kappa shape index (κ2) is 10.4. The van der Waals surface area contributed by atoms with Crippen LogP contribution in [0.25, 0.3) is 11.1 Å². The predicted molar refractivity (Wildman–Crippen MR) is 153 cm³/mol. The Morgan fingerprint density at radius 1 is 0.878 bits per heavy atom. The molecule has 2 aromatic rings. The summed E-state index contributed by atoms with van der Waals surface area (Å²) in [6.45, 7) is 8.47. The van der Waals surface area contributed by atoms with E-state index in [2.05, 4.69) is 29.2 Å². The zero-order chi connectivity index (χ0) is 28.9. The molecule has 0 unspecified atom stereocenters. The Hall–Kier alpha value is -3.59. The van der Waals surface area contributed by atoms with Gasteiger partial charge in [0.25, 0.3) is 0 Å². The number of ether oxygens (including phenoxy) is 2. The van der Waals surface area contributed by atoms with E-state index in [0.717, 1.165) is 12.8 Å². The molecule has 6 rings (SSSR count). The van der Waals surface area contributed by atoms with Crippen LogP contribution in [-0.4, -0.2) is 95.5 Å². The molecule has 41 heavy (non-hydrogen) atoms. The molecular formula is C32H39N3O6. The molecule has 3 heterocycles. The van der Waals surface area contributed by atoms with E-state index in [0.29, 0.717) is 39.3 Å². The third kappa shape index (κ3) is 5.05. The molecule has 0 bridgehead atoms. The van der Waals surface area contributed by atoms with Crippen LogP contribution in [0.1, 0.15) is 50.7 Å². The van der Waals surface area contributed by atoms with Crippen molar-refractivity contribution in [3.63, 3.8) is 0 Å². The molecule has 0 aromatic heterocycles. The van der Waals surface area contributed by atoms with Crippen LogP contribution in [-0.2, 0) is 14.3 Å². The highest BCUT2D eigenvalue weighted by Gasteiger charge is 2.59. The summed E-state index contributed by atoms with van der Waals surface area (Å²) in [5.41, 5.74) is 3.18. The highest BCUT2D eigenvalue weighted by atomic mass is 16.6. The van der Waals surface area contributed by atoms with Crippen LogP contribution < -0.4 is 0 Å². The van der Waals surface area contributed by atoms with Gasteiger partial charge in [-0.3, -0.25) is 9.69 Å². The number of carbonyl (C=O) groups excluding carboxylic acids is 2. The maximum absolute atomic E-state index is 13.1.